The van der Waals surface area contributed by atoms with Crippen LogP contribution in [0.1, 0.15) is 20.9 Å². The normalized spacial score (nSPS) is 10.5. The molecular formula is C16H11N3O5. The van der Waals surface area contributed by atoms with Crippen molar-refractivity contribution in [2.45, 2.75) is 0 Å². The number of hydrogen-bond acceptors (Lipinski definition) is 5. The van der Waals surface area contributed by atoms with E-state index in [1.807, 2.05) is 0 Å². The Bertz CT molecular complexity index is 977. The van der Waals surface area contributed by atoms with Crippen LogP contribution < -0.4 is 11.1 Å². The summed E-state index contributed by atoms with van der Waals surface area (Å²) in [6, 6.07) is 12.1. The molecule has 2 amide bonds. The van der Waals surface area contributed by atoms with Gasteiger partial charge in [0.2, 0.25) is 5.76 Å². The number of carbonyl (C=O) groups excluding carboxylic acids is 2. The Balaban J connectivity index is 2.07. The summed E-state index contributed by atoms with van der Waals surface area (Å²) in [6.45, 7) is 0. The van der Waals surface area contributed by atoms with Gasteiger partial charge in [0.15, 0.2) is 0 Å². The summed E-state index contributed by atoms with van der Waals surface area (Å²) in [5.74, 6) is -1.82. The Kier molecular flexibility index (Phi) is 3.70. The van der Waals surface area contributed by atoms with Gasteiger partial charge in [-0.2, -0.15) is 0 Å². The molecule has 2 aromatic carbocycles. The van der Waals surface area contributed by atoms with E-state index >= 15 is 0 Å². The molecule has 120 valence electrons. The van der Waals surface area contributed by atoms with Crippen molar-refractivity contribution in [1.29, 1.82) is 0 Å². The molecule has 0 fully saturated rings. The minimum Gasteiger partial charge on any atom is -0.449 e. The smallest absolute Gasteiger partial charge is 0.286 e. The largest absolute Gasteiger partial charge is 0.449 e. The summed E-state index contributed by atoms with van der Waals surface area (Å²) in [5.41, 5.74) is 5.25. The third-order valence-electron chi connectivity index (χ3n) is 3.40. The number of furan rings is 1. The first-order valence-electron chi connectivity index (χ1n) is 6.85. The highest BCUT2D eigenvalue weighted by Gasteiger charge is 2.24. The number of para-hydroxylation sites is 2. The highest BCUT2D eigenvalue weighted by atomic mass is 16.6. The van der Waals surface area contributed by atoms with Gasteiger partial charge < -0.3 is 15.5 Å². The molecule has 3 rings (SSSR count). The van der Waals surface area contributed by atoms with Gasteiger partial charge in [-0.3, -0.25) is 19.7 Å². The molecule has 3 N–H and O–H groups in total. The number of hydrogen-bond donors (Lipinski definition) is 2. The van der Waals surface area contributed by atoms with E-state index in [1.165, 1.54) is 24.3 Å². The SMILES string of the molecule is NC(=O)c1oc2ccccc2c1NC(=O)c1ccccc1[N+](=O)[O-]. The van der Waals surface area contributed by atoms with Crippen LogP contribution >= 0.6 is 0 Å². The second-order valence-corrected chi connectivity index (χ2v) is 4.89. The fraction of sp³-hybridized carbons (Fsp3) is 0. The van der Waals surface area contributed by atoms with Gasteiger partial charge >= 0.3 is 0 Å². The Labute approximate surface area is 135 Å². The first kappa shape index (κ1) is 15.2. The van der Waals surface area contributed by atoms with Crippen molar-refractivity contribution in [1.82, 2.24) is 0 Å². The number of anilines is 1. The van der Waals surface area contributed by atoms with Gasteiger partial charge in [-0.1, -0.05) is 24.3 Å². The Hall–Kier alpha value is -3.68. The lowest BCUT2D eigenvalue weighted by Crippen LogP contribution is -2.18. The number of rotatable bonds is 4. The van der Waals surface area contributed by atoms with E-state index in [1.54, 1.807) is 24.3 Å². The lowest BCUT2D eigenvalue weighted by atomic mass is 10.1. The summed E-state index contributed by atoms with van der Waals surface area (Å²) >= 11 is 0. The van der Waals surface area contributed by atoms with Gasteiger partial charge in [0.25, 0.3) is 17.5 Å². The predicted molar refractivity (Wildman–Crippen MR) is 85.8 cm³/mol. The van der Waals surface area contributed by atoms with E-state index in [4.69, 9.17) is 10.2 Å². The van der Waals surface area contributed by atoms with Crippen molar-refractivity contribution in [2.75, 3.05) is 5.32 Å². The standard InChI is InChI=1S/C16H11N3O5/c17-15(20)14-13(10-6-2-4-8-12(10)24-14)18-16(21)9-5-1-3-7-11(9)19(22)23/h1-8H,(H2,17,20)(H,18,21). The molecular weight excluding hydrogens is 314 g/mol. The summed E-state index contributed by atoms with van der Waals surface area (Å²) < 4.78 is 5.35. The lowest BCUT2D eigenvalue weighted by molar-refractivity contribution is -0.385. The molecule has 0 aliphatic heterocycles. The number of nitro groups is 1. The number of primary amides is 1. The minimum atomic E-state index is -0.857. The molecule has 8 nitrogen and oxygen atoms in total. The van der Waals surface area contributed by atoms with Gasteiger partial charge in [0.05, 0.1) is 4.92 Å². The third kappa shape index (κ3) is 2.56. The number of amides is 2. The highest BCUT2D eigenvalue weighted by molar-refractivity contribution is 6.15. The molecule has 0 unspecified atom stereocenters. The molecule has 0 radical (unpaired) electrons. The van der Waals surface area contributed by atoms with Crippen molar-refractivity contribution in [3.8, 4) is 0 Å². The van der Waals surface area contributed by atoms with E-state index < -0.39 is 16.7 Å². The maximum absolute atomic E-state index is 12.4. The summed E-state index contributed by atoms with van der Waals surface area (Å²) in [5, 5.41) is 14.0. The second kappa shape index (κ2) is 5.84. The molecule has 1 aromatic heterocycles. The van der Waals surface area contributed by atoms with Gasteiger partial charge in [-0.15, -0.1) is 0 Å². The third-order valence-corrected chi connectivity index (χ3v) is 3.40. The molecule has 0 bridgehead atoms. The highest BCUT2D eigenvalue weighted by Crippen LogP contribution is 2.31. The topological polar surface area (TPSA) is 128 Å². The molecule has 1 heterocycles. The van der Waals surface area contributed by atoms with Gasteiger partial charge in [0.1, 0.15) is 16.8 Å². The van der Waals surface area contributed by atoms with Crippen LogP contribution in [0.5, 0.6) is 0 Å². The molecule has 0 aliphatic rings. The zero-order valence-electron chi connectivity index (χ0n) is 12.2. The van der Waals surface area contributed by atoms with Crippen LogP contribution in [0, 0.1) is 10.1 Å². The molecule has 0 atom stereocenters. The molecule has 24 heavy (non-hydrogen) atoms. The lowest BCUT2D eigenvalue weighted by Gasteiger charge is -2.05. The van der Waals surface area contributed by atoms with Gasteiger partial charge in [-0.05, 0) is 18.2 Å². The maximum atomic E-state index is 12.4. The van der Waals surface area contributed by atoms with Crippen LogP contribution in [0.4, 0.5) is 11.4 Å². The van der Waals surface area contributed by atoms with Crippen molar-refractivity contribution >= 4 is 34.2 Å². The summed E-state index contributed by atoms with van der Waals surface area (Å²) in [6.07, 6.45) is 0. The zero-order valence-corrected chi connectivity index (χ0v) is 12.2. The van der Waals surface area contributed by atoms with Crippen LogP contribution in [0.15, 0.2) is 52.9 Å². The molecule has 8 heteroatoms. The number of nitro benzene ring substituents is 1. The fourth-order valence-electron chi connectivity index (χ4n) is 2.35. The summed E-state index contributed by atoms with van der Waals surface area (Å²) in [4.78, 5) is 34.4. The van der Waals surface area contributed by atoms with Crippen LogP contribution in [-0.4, -0.2) is 16.7 Å². The summed E-state index contributed by atoms with van der Waals surface area (Å²) in [7, 11) is 0. The predicted octanol–water partition coefficient (Wildman–Crippen LogP) is 2.69. The Morgan fingerprint density at radius 3 is 2.46 bits per heavy atom. The van der Waals surface area contributed by atoms with Crippen LogP contribution in [0.3, 0.4) is 0 Å². The molecule has 0 saturated carbocycles. The number of fused-ring (bicyclic) bond motifs is 1. The zero-order chi connectivity index (χ0) is 17.3. The number of nitrogens with one attached hydrogen (secondary N) is 1. The monoisotopic (exact) mass is 325 g/mol. The quantitative estimate of drug-likeness (QED) is 0.563. The molecule has 0 saturated heterocycles. The molecule has 0 spiro atoms. The number of nitrogens with zero attached hydrogens (tertiary/aromatic N) is 1. The Morgan fingerprint density at radius 2 is 1.75 bits per heavy atom. The fourth-order valence-corrected chi connectivity index (χ4v) is 2.35. The minimum absolute atomic E-state index is 0.0845. The first-order chi connectivity index (χ1) is 11.5. The van der Waals surface area contributed by atoms with E-state index in [2.05, 4.69) is 5.32 Å². The average molecular weight is 325 g/mol. The molecule has 3 aromatic rings. The van der Waals surface area contributed by atoms with E-state index in [0.717, 1.165) is 0 Å². The Morgan fingerprint density at radius 1 is 1.08 bits per heavy atom. The van der Waals surface area contributed by atoms with Crippen molar-refractivity contribution in [3.05, 3.63) is 70.0 Å². The van der Waals surface area contributed by atoms with E-state index in [9.17, 15) is 19.7 Å². The van der Waals surface area contributed by atoms with E-state index in [0.29, 0.717) is 11.0 Å². The van der Waals surface area contributed by atoms with Crippen molar-refractivity contribution < 1.29 is 18.9 Å². The van der Waals surface area contributed by atoms with Gasteiger partial charge in [-0.25, -0.2) is 0 Å². The average Bonchev–Trinajstić information content (AvgIpc) is 2.94. The van der Waals surface area contributed by atoms with Crippen LogP contribution in [-0.2, 0) is 0 Å². The maximum Gasteiger partial charge on any atom is 0.286 e. The van der Waals surface area contributed by atoms with Crippen LogP contribution in [0.25, 0.3) is 11.0 Å². The van der Waals surface area contributed by atoms with Crippen LogP contribution in [0.2, 0.25) is 0 Å². The number of carbonyl (C=O) groups is 2. The van der Waals surface area contributed by atoms with Crippen molar-refractivity contribution in [2.24, 2.45) is 5.73 Å². The second-order valence-electron chi connectivity index (χ2n) is 4.89. The van der Waals surface area contributed by atoms with Gasteiger partial charge in [0, 0.05) is 11.5 Å². The van der Waals surface area contributed by atoms with E-state index in [-0.39, 0.29) is 22.7 Å². The van der Waals surface area contributed by atoms with Crippen molar-refractivity contribution in [3.63, 3.8) is 0 Å². The first-order valence-corrected chi connectivity index (χ1v) is 6.85. The number of nitrogens with two attached hydrogens (primary N) is 1. The number of benzene rings is 2. The molecule has 0 aliphatic carbocycles.